The van der Waals surface area contributed by atoms with E-state index in [2.05, 4.69) is 16.8 Å². The fourth-order valence-electron chi connectivity index (χ4n) is 3.35. The number of methoxy groups -OCH3 is 1. The first kappa shape index (κ1) is 13.3. The molecule has 4 heteroatoms. The van der Waals surface area contributed by atoms with Gasteiger partial charge in [0.2, 0.25) is 0 Å². The van der Waals surface area contributed by atoms with Crippen LogP contribution in [0.2, 0.25) is 0 Å². The van der Waals surface area contributed by atoms with Crippen molar-refractivity contribution in [1.29, 1.82) is 0 Å². The van der Waals surface area contributed by atoms with E-state index in [1.807, 2.05) is 0 Å². The van der Waals surface area contributed by atoms with Gasteiger partial charge in [0.05, 0.1) is 6.61 Å². The summed E-state index contributed by atoms with van der Waals surface area (Å²) in [6.07, 6.45) is 4.61. The average molecular weight is 242 g/mol. The maximum absolute atomic E-state index is 10.1. The normalized spacial score (nSPS) is 30.9. The standard InChI is InChI=1S/C13H26N2O2/c1-14-8-5-11(6-9-14)12-4-3-7-15(12)13(16)10-17-2/h11-13,16H,3-10H2,1-2H3/t12-,13?/m0/s1. The summed E-state index contributed by atoms with van der Waals surface area (Å²) >= 11 is 0. The summed E-state index contributed by atoms with van der Waals surface area (Å²) in [7, 11) is 3.85. The largest absolute Gasteiger partial charge is 0.381 e. The molecule has 2 fully saturated rings. The van der Waals surface area contributed by atoms with Gasteiger partial charge in [-0.25, -0.2) is 0 Å². The number of hydrogen-bond donors (Lipinski definition) is 1. The predicted molar refractivity (Wildman–Crippen MR) is 67.8 cm³/mol. The Morgan fingerprint density at radius 2 is 1.94 bits per heavy atom. The Morgan fingerprint density at radius 1 is 1.24 bits per heavy atom. The Balaban J connectivity index is 1.90. The lowest BCUT2D eigenvalue weighted by atomic mass is 9.88. The molecule has 1 N–H and O–H groups in total. The molecule has 4 nitrogen and oxygen atoms in total. The summed E-state index contributed by atoms with van der Waals surface area (Å²) in [6, 6.07) is 0.578. The molecule has 17 heavy (non-hydrogen) atoms. The monoisotopic (exact) mass is 242 g/mol. The Morgan fingerprint density at radius 3 is 2.59 bits per heavy atom. The van der Waals surface area contributed by atoms with E-state index < -0.39 is 6.23 Å². The van der Waals surface area contributed by atoms with E-state index in [0.717, 1.165) is 12.5 Å². The number of aliphatic hydroxyl groups excluding tert-OH is 1. The zero-order valence-electron chi connectivity index (χ0n) is 11.1. The SMILES string of the molecule is COCC(O)N1CCC[C@H]1C1CCN(C)CC1. The first-order valence-electron chi connectivity index (χ1n) is 6.83. The second kappa shape index (κ2) is 6.14. The summed E-state index contributed by atoms with van der Waals surface area (Å²) in [5.41, 5.74) is 0. The topological polar surface area (TPSA) is 35.9 Å². The molecule has 0 amide bonds. The van der Waals surface area contributed by atoms with Gasteiger partial charge in [0, 0.05) is 19.7 Å². The summed E-state index contributed by atoms with van der Waals surface area (Å²) in [5, 5.41) is 10.1. The summed E-state index contributed by atoms with van der Waals surface area (Å²) in [5.74, 6) is 0.764. The van der Waals surface area contributed by atoms with Gasteiger partial charge in [0.15, 0.2) is 0 Å². The lowest BCUT2D eigenvalue weighted by Gasteiger charge is -2.38. The molecule has 1 unspecified atom stereocenters. The molecule has 100 valence electrons. The number of likely N-dealkylation sites (tertiary alicyclic amines) is 2. The van der Waals surface area contributed by atoms with Crippen molar-refractivity contribution in [2.75, 3.05) is 40.4 Å². The number of ether oxygens (including phenoxy) is 1. The summed E-state index contributed by atoms with van der Waals surface area (Å²) in [6.45, 7) is 3.87. The van der Waals surface area contributed by atoms with Gasteiger partial charge in [-0.3, -0.25) is 4.90 Å². The smallest absolute Gasteiger partial charge is 0.131 e. The van der Waals surface area contributed by atoms with Crippen molar-refractivity contribution in [3.8, 4) is 0 Å². The highest BCUT2D eigenvalue weighted by molar-refractivity contribution is 4.88. The van der Waals surface area contributed by atoms with Crippen LogP contribution in [-0.4, -0.2) is 67.6 Å². The zero-order chi connectivity index (χ0) is 12.3. The Labute approximate surface area is 105 Å². The van der Waals surface area contributed by atoms with E-state index in [1.54, 1.807) is 7.11 Å². The van der Waals surface area contributed by atoms with Gasteiger partial charge in [0.1, 0.15) is 6.23 Å². The van der Waals surface area contributed by atoms with Crippen molar-refractivity contribution in [2.45, 2.75) is 38.0 Å². The third-order valence-electron chi connectivity index (χ3n) is 4.35. The molecule has 2 heterocycles. The first-order chi connectivity index (χ1) is 8.22. The molecule has 2 saturated heterocycles. The predicted octanol–water partition coefficient (Wildman–Crippen LogP) is 0.757. The van der Waals surface area contributed by atoms with Crippen LogP contribution < -0.4 is 0 Å². The van der Waals surface area contributed by atoms with Crippen LogP contribution >= 0.6 is 0 Å². The lowest BCUT2D eigenvalue weighted by molar-refractivity contribution is -0.0666. The Bertz CT molecular complexity index is 229. The van der Waals surface area contributed by atoms with Crippen molar-refractivity contribution >= 4 is 0 Å². The summed E-state index contributed by atoms with van der Waals surface area (Å²) < 4.78 is 5.07. The zero-order valence-corrected chi connectivity index (χ0v) is 11.1. The minimum Gasteiger partial charge on any atom is -0.381 e. The fourth-order valence-corrected chi connectivity index (χ4v) is 3.35. The van der Waals surface area contributed by atoms with Crippen molar-refractivity contribution in [3.05, 3.63) is 0 Å². The minimum absolute atomic E-state index is 0.410. The van der Waals surface area contributed by atoms with Crippen LogP contribution in [0.25, 0.3) is 0 Å². The van der Waals surface area contributed by atoms with E-state index in [0.29, 0.717) is 12.6 Å². The molecule has 0 aromatic rings. The molecule has 0 saturated carbocycles. The van der Waals surface area contributed by atoms with Crippen LogP contribution in [-0.2, 0) is 4.74 Å². The maximum Gasteiger partial charge on any atom is 0.131 e. The lowest BCUT2D eigenvalue weighted by Crippen LogP contribution is -2.47. The van der Waals surface area contributed by atoms with E-state index in [4.69, 9.17) is 4.74 Å². The maximum atomic E-state index is 10.1. The van der Waals surface area contributed by atoms with Crippen LogP contribution in [0.3, 0.4) is 0 Å². The molecule has 0 spiro atoms. The van der Waals surface area contributed by atoms with Crippen molar-refractivity contribution in [2.24, 2.45) is 5.92 Å². The van der Waals surface area contributed by atoms with Crippen molar-refractivity contribution in [3.63, 3.8) is 0 Å². The van der Waals surface area contributed by atoms with Crippen LogP contribution in [0.15, 0.2) is 0 Å². The number of nitrogens with zero attached hydrogens (tertiary/aromatic N) is 2. The molecule has 0 aromatic carbocycles. The number of rotatable bonds is 4. The first-order valence-corrected chi connectivity index (χ1v) is 6.83. The van der Waals surface area contributed by atoms with E-state index in [1.165, 1.54) is 38.8 Å². The fraction of sp³-hybridized carbons (Fsp3) is 1.00. The van der Waals surface area contributed by atoms with Crippen LogP contribution in [0.4, 0.5) is 0 Å². The quantitative estimate of drug-likeness (QED) is 0.789. The highest BCUT2D eigenvalue weighted by Gasteiger charge is 2.36. The highest BCUT2D eigenvalue weighted by Crippen LogP contribution is 2.31. The van der Waals surface area contributed by atoms with Crippen LogP contribution in [0.1, 0.15) is 25.7 Å². The number of piperidine rings is 1. The Hall–Kier alpha value is -0.160. The van der Waals surface area contributed by atoms with Crippen molar-refractivity contribution in [1.82, 2.24) is 9.80 Å². The van der Waals surface area contributed by atoms with Gasteiger partial charge in [-0.1, -0.05) is 0 Å². The molecule has 2 aliphatic rings. The number of hydrogen-bond acceptors (Lipinski definition) is 4. The third-order valence-corrected chi connectivity index (χ3v) is 4.35. The van der Waals surface area contributed by atoms with Gasteiger partial charge < -0.3 is 14.7 Å². The van der Waals surface area contributed by atoms with Gasteiger partial charge in [-0.2, -0.15) is 0 Å². The molecular weight excluding hydrogens is 216 g/mol. The molecule has 0 radical (unpaired) electrons. The van der Waals surface area contributed by atoms with Crippen LogP contribution in [0, 0.1) is 5.92 Å². The van der Waals surface area contributed by atoms with Crippen molar-refractivity contribution < 1.29 is 9.84 Å². The van der Waals surface area contributed by atoms with Gasteiger partial charge in [-0.05, 0) is 51.7 Å². The second-order valence-corrected chi connectivity index (χ2v) is 5.52. The average Bonchev–Trinajstić information content (AvgIpc) is 2.79. The highest BCUT2D eigenvalue weighted by atomic mass is 16.5. The molecule has 2 rings (SSSR count). The molecule has 2 atom stereocenters. The van der Waals surface area contributed by atoms with E-state index in [-0.39, 0.29) is 0 Å². The molecule has 2 aliphatic heterocycles. The minimum atomic E-state index is -0.410. The molecule has 0 aromatic heterocycles. The van der Waals surface area contributed by atoms with E-state index >= 15 is 0 Å². The molecule has 0 aliphatic carbocycles. The van der Waals surface area contributed by atoms with E-state index in [9.17, 15) is 5.11 Å². The third kappa shape index (κ3) is 3.19. The van der Waals surface area contributed by atoms with Gasteiger partial charge in [-0.15, -0.1) is 0 Å². The van der Waals surface area contributed by atoms with Gasteiger partial charge >= 0.3 is 0 Å². The molecule has 0 bridgehead atoms. The summed E-state index contributed by atoms with van der Waals surface area (Å²) in [4.78, 5) is 4.67. The van der Waals surface area contributed by atoms with Gasteiger partial charge in [0.25, 0.3) is 0 Å². The number of aliphatic hydroxyl groups is 1. The molecular formula is C13H26N2O2. The Kier molecular flexibility index (Phi) is 4.79. The second-order valence-electron chi connectivity index (χ2n) is 5.52. The van der Waals surface area contributed by atoms with Crippen LogP contribution in [0.5, 0.6) is 0 Å².